The first kappa shape index (κ1) is 19.5. The van der Waals surface area contributed by atoms with Crippen molar-refractivity contribution in [3.8, 4) is 11.5 Å². The van der Waals surface area contributed by atoms with Gasteiger partial charge in [-0.2, -0.15) is 0 Å². The molecule has 1 aliphatic heterocycles. The lowest BCUT2D eigenvalue weighted by Gasteiger charge is -2.07. The van der Waals surface area contributed by atoms with Crippen LogP contribution in [0.15, 0.2) is 52.4 Å². The van der Waals surface area contributed by atoms with Gasteiger partial charge >= 0.3 is 5.97 Å². The minimum Gasteiger partial charge on any atom is -0.504 e. The molecule has 3 rings (SSSR count). The third kappa shape index (κ3) is 4.17. The molecular weight excluding hydrogens is 380 g/mol. The summed E-state index contributed by atoms with van der Waals surface area (Å²) < 4.78 is 5.37. The Morgan fingerprint density at radius 2 is 1.96 bits per heavy atom. The Morgan fingerprint density at radius 1 is 1.25 bits per heavy atom. The molecule has 0 saturated carbocycles. The van der Waals surface area contributed by atoms with Crippen molar-refractivity contribution in [2.45, 2.75) is 6.92 Å². The molecule has 1 aliphatic rings. The number of carbonyl (C=O) groups excluding carboxylic acids is 1. The lowest BCUT2D eigenvalue weighted by molar-refractivity contribution is -0.121. The van der Waals surface area contributed by atoms with Crippen LogP contribution in [0.3, 0.4) is 0 Å². The Bertz CT molecular complexity index is 983. The van der Waals surface area contributed by atoms with Gasteiger partial charge in [0.15, 0.2) is 16.7 Å². The van der Waals surface area contributed by atoms with Crippen LogP contribution in [-0.2, 0) is 4.79 Å². The number of nitrogens with zero attached hydrogens (tertiary/aromatic N) is 2. The number of benzene rings is 2. The standard InChI is InChI=1S/C20H18N2O5S/c1-3-27-16-10-12(4-9-15(16)23)11-17-18(24)22(2)20(28-17)21-14-7-5-13(6-8-14)19(25)26/h4-11,23H,3H2,1-2H3,(H,25,26)/b17-11-,21-20?. The Morgan fingerprint density at radius 3 is 2.61 bits per heavy atom. The molecule has 0 aromatic heterocycles. The Kier molecular flexibility index (Phi) is 5.70. The normalized spacial score (nSPS) is 16.8. The van der Waals surface area contributed by atoms with Crippen LogP contribution in [0.2, 0.25) is 0 Å². The molecule has 0 bridgehead atoms. The first-order valence-corrected chi connectivity index (χ1v) is 9.26. The summed E-state index contributed by atoms with van der Waals surface area (Å²) in [6, 6.07) is 11.0. The van der Waals surface area contributed by atoms with Crippen molar-refractivity contribution < 1.29 is 24.5 Å². The van der Waals surface area contributed by atoms with Gasteiger partial charge < -0.3 is 14.9 Å². The molecule has 0 aliphatic carbocycles. The number of aliphatic imine (C=N–C) groups is 1. The maximum absolute atomic E-state index is 12.5. The monoisotopic (exact) mass is 398 g/mol. The number of rotatable bonds is 5. The summed E-state index contributed by atoms with van der Waals surface area (Å²) in [6.07, 6.45) is 1.71. The summed E-state index contributed by atoms with van der Waals surface area (Å²) in [5.74, 6) is -0.809. The van der Waals surface area contributed by atoms with Gasteiger partial charge in [0.25, 0.3) is 5.91 Å². The lowest BCUT2D eigenvalue weighted by Crippen LogP contribution is -2.23. The van der Waals surface area contributed by atoms with Crippen LogP contribution in [0.5, 0.6) is 11.5 Å². The van der Waals surface area contributed by atoms with Crippen LogP contribution in [-0.4, -0.2) is 45.8 Å². The molecule has 8 heteroatoms. The third-order valence-corrected chi connectivity index (χ3v) is 4.98. The number of ether oxygens (including phenoxy) is 1. The summed E-state index contributed by atoms with van der Waals surface area (Å²) in [6.45, 7) is 2.24. The summed E-state index contributed by atoms with van der Waals surface area (Å²) in [5.41, 5.74) is 1.44. The smallest absolute Gasteiger partial charge is 0.335 e. The van der Waals surface area contributed by atoms with E-state index < -0.39 is 5.97 Å². The number of hydrogen-bond donors (Lipinski definition) is 2. The van der Waals surface area contributed by atoms with Gasteiger partial charge in [-0.15, -0.1) is 0 Å². The molecule has 2 aromatic carbocycles. The van der Waals surface area contributed by atoms with E-state index in [0.717, 1.165) is 5.56 Å². The predicted molar refractivity (Wildman–Crippen MR) is 108 cm³/mol. The molecule has 1 heterocycles. The second kappa shape index (κ2) is 8.18. The van der Waals surface area contributed by atoms with E-state index in [-0.39, 0.29) is 17.2 Å². The number of amides is 1. The molecule has 2 aromatic rings. The summed E-state index contributed by atoms with van der Waals surface area (Å²) >= 11 is 1.22. The maximum atomic E-state index is 12.5. The van der Waals surface area contributed by atoms with Crippen molar-refractivity contribution in [2.24, 2.45) is 4.99 Å². The first-order valence-electron chi connectivity index (χ1n) is 8.44. The second-order valence-corrected chi connectivity index (χ2v) is 6.89. The SMILES string of the molecule is CCOc1cc(/C=C2\SC(=Nc3ccc(C(=O)O)cc3)N(C)C2=O)ccc1O. The van der Waals surface area contributed by atoms with E-state index in [2.05, 4.69) is 4.99 Å². The molecule has 1 saturated heterocycles. The summed E-state index contributed by atoms with van der Waals surface area (Å²) in [7, 11) is 1.63. The molecule has 1 amide bonds. The fourth-order valence-electron chi connectivity index (χ4n) is 2.48. The highest BCUT2D eigenvalue weighted by Gasteiger charge is 2.30. The van der Waals surface area contributed by atoms with Gasteiger partial charge in [0, 0.05) is 7.05 Å². The van der Waals surface area contributed by atoms with Crippen LogP contribution < -0.4 is 4.74 Å². The minimum atomic E-state index is -1.01. The topological polar surface area (TPSA) is 99.4 Å². The summed E-state index contributed by atoms with van der Waals surface area (Å²) in [4.78, 5) is 29.8. The third-order valence-electron chi connectivity index (χ3n) is 3.92. The average Bonchev–Trinajstić information content (AvgIpc) is 2.93. The highest BCUT2D eigenvalue weighted by Crippen LogP contribution is 2.34. The van der Waals surface area contributed by atoms with Crippen LogP contribution in [0.1, 0.15) is 22.8 Å². The zero-order valence-electron chi connectivity index (χ0n) is 15.2. The fraction of sp³-hybridized carbons (Fsp3) is 0.150. The number of carboxylic acids is 1. The molecule has 28 heavy (non-hydrogen) atoms. The van der Waals surface area contributed by atoms with Crippen molar-refractivity contribution in [1.29, 1.82) is 0 Å². The van der Waals surface area contributed by atoms with Crippen molar-refractivity contribution in [3.05, 3.63) is 58.5 Å². The van der Waals surface area contributed by atoms with Crippen LogP contribution in [0.25, 0.3) is 6.08 Å². The number of likely N-dealkylation sites (N-methyl/N-ethyl adjacent to an activating group) is 1. The molecule has 0 atom stereocenters. The van der Waals surface area contributed by atoms with Gasteiger partial charge in [0.2, 0.25) is 0 Å². The van der Waals surface area contributed by atoms with Gasteiger partial charge in [0.1, 0.15) is 0 Å². The lowest BCUT2D eigenvalue weighted by atomic mass is 10.2. The molecule has 2 N–H and O–H groups in total. The number of aromatic hydroxyl groups is 1. The minimum absolute atomic E-state index is 0.0404. The van der Waals surface area contributed by atoms with Crippen molar-refractivity contribution in [2.75, 3.05) is 13.7 Å². The highest BCUT2D eigenvalue weighted by atomic mass is 32.2. The molecule has 7 nitrogen and oxygen atoms in total. The number of amidine groups is 1. The Balaban J connectivity index is 1.85. The zero-order chi connectivity index (χ0) is 20.3. The van der Waals surface area contributed by atoms with Gasteiger partial charge in [0.05, 0.1) is 22.8 Å². The molecule has 0 spiro atoms. The predicted octanol–water partition coefficient (Wildman–Crippen LogP) is 3.72. The van der Waals surface area contributed by atoms with Crippen LogP contribution in [0, 0.1) is 0 Å². The number of aromatic carboxylic acids is 1. The van der Waals surface area contributed by atoms with Crippen molar-refractivity contribution in [3.63, 3.8) is 0 Å². The van der Waals surface area contributed by atoms with E-state index in [4.69, 9.17) is 9.84 Å². The number of phenols is 1. The molecule has 1 fully saturated rings. The van der Waals surface area contributed by atoms with Gasteiger partial charge in [-0.1, -0.05) is 6.07 Å². The van der Waals surface area contributed by atoms with Gasteiger partial charge in [-0.3, -0.25) is 9.69 Å². The van der Waals surface area contributed by atoms with E-state index in [1.165, 1.54) is 34.9 Å². The van der Waals surface area contributed by atoms with E-state index >= 15 is 0 Å². The van der Waals surface area contributed by atoms with Crippen LogP contribution >= 0.6 is 11.8 Å². The largest absolute Gasteiger partial charge is 0.504 e. The molecule has 0 radical (unpaired) electrons. The Hall–Kier alpha value is -3.26. The average molecular weight is 398 g/mol. The van der Waals surface area contributed by atoms with Crippen LogP contribution in [0.4, 0.5) is 5.69 Å². The molecular formula is C20H18N2O5S. The Labute approximate surface area is 166 Å². The number of phenolic OH excluding ortho intramolecular Hbond substituents is 1. The van der Waals surface area contributed by atoms with E-state index in [0.29, 0.717) is 28.1 Å². The van der Waals surface area contributed by atoms with Crippen molar-refractivity contribution in [1.82, 2.24) is 4.90 Å². The fourth-order valence-corrected chi connectivity index (χ4v) is 3.47. The number of carbonyl (C=O) groups is 2. The van der Waals surface area contributed by atoms with E-state index in [1.807, 2.05) is 6.92 Å². The number of hydrogen-bond acceptors (Lipinski definition) is 6. The van der Waals surface area contributed by atoms with E-state index in [9.17, 15) is 14.7 Å². The number of thioether (sulfide) groups is 1. The summed E-state index contributed by atoms with van der Waals surface area (Å²) in [5, 5.41) is 19.2. The second-order valence-electron chi connectivity index (χ2n) is 5.88. The van der Waals surface area contributed by atoms with E-state index in [1.54, 1.807) is 37.4 Å². The maximum Gasteiger partial charge on any atom is 0.335 e. The first-order chi connectivity index (χ1) is 13.4. The van der Waals surface area contributed by atoms with Gasteiger partial charge in [-0.25, -0.2) is 9.79 Å². The van der Waals surface area contributed by atoms with Gasteiger partial charge in [-0.05, 0) is 66.7 Å². The highest BCUT2D eigenvalue weighted by molar-refractivity contribution is 8.18. The zero-order valence-corrected chi connectivity index (χ0v) is 16.1. The quantitative estimate of drug-likeness (QED) is 0.745. The van der Waals surface area contributed by atoms with Crippen molar-refractivity contribution >= 4 is 40.6 Å². The molecule has 144 valence electrons. The molecule has 0 unspecified atom stereocenters. The number of carboxylic acid groups (broad SMARTS) is 1.